The molecule has 0 radical (unpaired) electrons. The highest BCUT2D eigenvalue weighted by molar-refractivity contribution is 5.24. The largest absolute Gasteiger partial charge is 0.311 e. The minimum atomic E-state index is 0.511. The third-order valence-corrected chi connectivity index (χ3v) is 4.25. The van der Waals surface area contributed by atoms with Crippen LogP contribution in [0.5, 0.6) is 0 Å². The molecule has 1 saturated heterocycles. The molecule has 1 aliphatic heterocycles. The van der Waals surface area contributed by atoms with Gasteiger partial charge in [-0.05, 0) is 32.8 Å². The Bertz CT molecular complexity index is 371. The first kappa shape index (κ1) is 13.6. The summed E-state index contributed by atoms with van der Waals surface area (Å²) in [5.74, 6) is 0. The van der Waals surface area contributed by atoms with Gasteiger partial charge in [0.05, 0.1) is 0 Å². The lowest BCUT2D eigenvalue weighted by atomic mass is 10.00. The van der Waals surface area contributed by atoms with Crippen molar-refractivity contribution in [2.24, 2.45) is 0 Å². The maximum Gasteiger partial charge on any atom is 0.0323 e. The molecule has 18 heavy (non-hydrogen) atoms. The van der Waals surface area contributed by atoms with Gasteiger partial charge in [0.1, 0.15) is 0 Å². The summed E-state index contributed by atoms with van der Waals surface area (Å²) >= 11 is 0. The summed E-state index contributed by atoms with van der Waals surface area (Å²) in [6.45, 7) is 11.3. The zero-order valence-corrected chi connectivity index (χ0v) is 12.1. The summed E-state index contributed by atoms with van der Waals surface area (Å²) < 4.78 is 0. The molecule has 1 aromatic rings. The second-order valence-corrected chi connectivity index (χ2v) is 5.65. The number of aryl methyl sites for hydroxylation is 1. The van der Waals surface area contributed by atoms with Crippen molar-refractivity contribution < 1.29 is 0 Å². The molecule has 0 spiro atoms. The van der Waals surface area contributed by atoms with Gasteiger partial charge in [-0.2, -0.15) is 0 Å². The van der Waals surface area contributed by atoms with Gasteiger partial charge in [0.2, 0.25) is 0 Å². The van der Waals surface area contributed by atoms with E-state index in [1.807, 2.05) is 0 Å². The minimum Gasteiger partial charge on any atom is -0.311 e. The Balaban J connectivity index is 2.11. The van der Waals surface area contributed by atoms with Gasteiger partial charge in [0.25, 0.3) is 0 Å². The molecule has 1 aliphatic rings. The van der Waals surface area contributed by atoms with E-state index >= 15 is 0 Å². The molecule has 0 amide bonds. The van der Waals surface area contributed by atoms with Crippen molar-refractivity contribution in [2.45, 2.75) is 52.2 Å². The highest BCUT2D eigenvalue weighted by atomic mass is 15.2. The molecule has 0 saturated carbocycles. The van der Waals surface area contributed by atoms with Gasteiger partial charge in [-0.25, -0.2) is 0 Å². The van der Waals surface area contributed by atoms with Crippen molar-refractivity contribution in [1.82, 2.24) is 10.2 Å². The fourth-order valence-corrected chi connectivity index (χ4v) is 2.80. The predicted octanol–water partition coefficient (Wildman–Crippen LogP) is 3.13. The number of hydrogen-bond acceptors (Lipinski definition) is 2. The molecule has 1 N–H and O–H groups in total. The molecule has 0 bridgehead atoms. The average molecular weight is 246 g/mol. The first-order chi connectivity index (χ1) is 8.61. The van der Waals surface area contributed by atoms with Gasteiger partial charge < -0.3 is 5.32 Å². The third-order valence-electron chi connectivity index (χ3n) is 4.25. The van der Waals surface area contributed by atoms with Crippen molar-refractivity contribution in [3.8, 4) is 0 Å². The van der Waals surface area contributed by atoms with E-state index in [0.29, 0.717) is 18.1 Å². The highest BCUT2D eigenvalue weighted by Crippen LogP contribution is 2.25. The summed E-state index contributed by atoms with van der Waals surface area (Å²) in [5, 5.41) is 3.62. The van der Waals surface area contributed by atoms with Gasteiger partial charge in [-0.15, -0.1) is 0 Å². The van der Waals surface area contributed by atoms with Crippen molar-refractivity contribution >= 4 is 0 Å². The monoisotopic (exact) mass is 246 g/mol. The van der Waals surface area contributed by atoms with E-state index < -0.39 is 0 Å². The molecule has 0 aromatic heterocycles. The van der Waals surface area contributed by atoms with E-state index in [4.69, 9.17) is 0 Å². The molecule has 2 rings (SSSR count). The first-order valence-corrected chi connectivity index (χ1v) is 7.17. The normalized spacial score (nSPS) is 27.1. The SMILES string of the molecule is CCC1CN(C(C)c2ccc(C)cc2)C(C)CN1. The van der Waals surface area contributed by atoms with E-state index in [1.165, 1.54) is 17.5 Å². The average Bonchev–Trinajstić information content (AvgIpc) is 2.39. The second-order valence-electron chi connectivity index (χ2n) is 5.65. The predicted molar refractivity (Wildman–Crippen MR) is 77.8 cm³/mol. The fourth-order valence-electron chi connectivity index (χ4n) is 2.80. The van der Waals surface area contributed by atoms with Crippen molar-refractivity contribution in [1.29, 1.82) is 0 Å². The molecule has 3 atom stereocenters. The Kier molecular flexibility index (Phi) is 4.41. The van der Waals surface area contributed by atoms with Gasteiger partial charge in [0, 0.05) is 31.2 Å². The van der Waals surface area contributed by atoms with E-state index in [0.717, 1.165) is 13.1 Å². The van der Waals surface area contributed by atoms with Gasteiger partial charge >= 0.3 is 0 Å². The van der Waals surface area contributed by atoms with E-state index in [1.54, 1.807) is 0 Å². The van der Waals surface area contributed by atoms with Crippen LogP contribution in [0.25, 0.3) is 0 Å². The topological polar surface area (TPSA) is 15.3 Å². The fraction of sp³-hybridized carbons (Fsp3) is 0.625. The lowest BCUT2D eigenvalue weighted by Gasteiger charge is -2.42. The minimum absolute atomic E-state index is 0.511. The Morgan fingerprint density at radius 1 is 1.33 bits per heavy atom. The number of piperazine rings is 1. The maximum absolute atomic E-state index is 3.62. The van der Waals surface area contributed by atoms with Crippen LogP contribution in [0.2, 0.25) is 0 Å². The standard InChI is InChI=1S/C16H26N2/c1-5-16-11-18(13(3)10-17-16)14(4)15-8-6-12(2)7-9-15/h6-9,13-14,16-17H,5,10-11H2,1-4H3. The van der Waals surface area contributed by atoms with Crippen molar-refractivity contribution in [3.63, 3.8) is 0 Å². The lowest BCUT2D eigenvalue weighted by Crippen LogP contribution is -2.55. The highest BCUT2D eigenvalue weighted by Gasteiger charge is 2.28. The van der Waals surface area contributed by atoms with E-state index in [2.05, 4.69) is 62.2 Å². The summed E-state index contributed by atoms with van der Waals surface area (Å²) in [6.07, 6.45) is 1.21. The van der Waals surface area contributed by atoms with Crippen LogP contribution in [0.1, 0.15) is 44.4 Å². The first-order valence-electron chi connectivity index (χ1n) is 7.17. The van der Waals surface area contributed by atoms with Crippen LogP contribution < -0.4 is 5.32 Å². The zero-order valence-electron chi connectivity index (χ0n) is 12.1. The number of benzene rings is 1. The van der Waals surface area contributed by atoms with Crippen LogP contribution in [0.4, 0.5) is 0 Å². The van der Waals surface area contributed by atoms with Gasteiger partial charge in [0.15, 0.2) is 0 Å². The molecule has 1 aromatic carbocycles. The number of rotatable bonds is 3. The van der Waals surface area contributed by atoms with E-state index in [9.17, 15) is 0 Å². The van der Waals surface area contributed by atoms with Gasteiger partial charge in [-0.1, -0.05) is 36.8 Å². The van der Waals surface area contributed by atoms with Crippen LogP contribution in [0.15, 0.2) is 24.3 Å². The number of nitrogens with one attached hydrogen (secondary N) is 1. The third kappa shape index (κ3) is 2.93. The second kappa shape index (κ2) is 5.85. The molecule has 100 valence electrons. The van der Waals surface area contributed by atoms with Crippen LogP contribution in [-0.4, -0.2) is 30.1 Å². The maximum atomic E-state index is 3.62. The Hall–Kier alpha value is -0.860. The molecule has 1 fully saturated rings. The summed E-state index contributed by atoms with van der Waals surface area (Å²) in [7, 11) is 0. The van der Waals surface area contributed by atoms with Crippen LogP contribution in [0, 0.1) is 6.92 Å². The molecule has 2 heteroatoms. The summed E-state index contributed by atoms with van der Waals surface area (Å²) in [4.78, 5) is 2.63. The van der Waals surface area contributed by atoms with Crippen molar-refractivity contribution in [3.05, 3.63) is 35.4 Å². The van der Waals surface area contributed by atoms with Crippen LogP contribution >= 0.6 is 0 Å². The summed E-state index contributed by atoms with van der Waals surface area (Å²) in [5.41, 5.74) is 2.77. The van der Waals surface area contributed by atoms with Gasteiger partial charge in [-0.3, -0.25) is 4.90 Å². The Labute approximate surface area is 111 Å². The Morgan fingerprint density at radius 2 is 2.00 bits per heavy atom. The molecule has 1 heterocycles. The number of nitrogens with zero attached hydrogens (tertiary/aromatic N) is 1. The molecular formula is C16H26N2. The molecule has 0 aliphatic carbocycles. The van der Waals surface area contributed by atoms with Crippen molar-refractivity contribution in [2.75, 3.05) is 13.1 Å². The molecule has 2 nitrogen and oxygen atoms in total. The quantitative estimate of drug-likeness (QED) is 0.881. The zero-order chi connectivity index (χ0) is 13.1. The molecule has 3 unspecified atom stereocenters. The lowest BCUT2D eigenvalue weighted by molar-refractivity contribution is 0.0975. The Morgan fingerprint density at radius 3 is 2.61 bits per heavy atom. The van der Waals surface area contributed by atoms with Crippen LogP contribution in [0.3, 0.4) is 0 Å². The molecular weight excluding hydrogens is 220 g/mol. The van der Waals surface area contributed by atoms with Crippen LogP contribution in [-0.2, 0) is 0 Å². The van der Waals surface area contributed by atoms with E-state index in [-0.39, 0.29) is 0 Å². The smallest absolute Gasteiger partial charge is 0.0323 e. The summed E-state index contributed by atoms with van der Waals surface area (Å²) in [6, 6.07) is 10.8. The number of hydrogen-bond donors (Lipinski definition) is 1.